The third kappa shape index (κ3) is 2.80. The standard InChI is InChI=1S/C14H9ClNO/c15-14-6-2-1-4-11(14)8-13(10-17)12-5-3-7-16-9-12/h1-9H. The van der Waals surface area contributed by atoms with Crippen LogP contribution in [0, 0.1) is 0 Å². The van der Waals surface area contributed by atoms with Crippen molar-refractivity contribution in [3.63, 3.8) is 0 Å². The predicted octanol–water partition coefficient (Wildman–Crippen LogP) is 3.39. The maximum Gasteiger partial charge on any atom is 0.234 e. The molecule has 0 bridgehead atoms. The monoisotopic (exact) mass is 242 g/mol. The van der Waals surface area contributed by atoms with Crippen LogP contribution in [0.15, 0.2) is 48.8 Å². The lowest BCUT2D eigenvalue weighted by Crippen LogP contribution is -1.87. The van der Waals surface area contributed by atoms with Gasteiger partial charge in [-0.05, 0) is 23.8 Å². The van der Waals surface area contributed by atoms with E-state index < -0.39 is 0 Å². The number of benzene rings is 1. The van der Waals surface area contributed by atoms with E-state index in [1.807, 2.05) is 24.5 Å². The van der Waals surface area contributed by atoms with E-state index in [2.05, 4.69) is 4.98 Å². The zero-order valence-corrected chi connectivity index (χ0v) is 9.69. The Morgan fingerprint density at radius 3 is 2.71 bits per heavy atom. The Morgan fingerprint density at radius 2 is 2.06 bits per heavy atom. The molecule has 3 heteroatoms. The Hall–Kier alpha value is -1.93. The van der Waals surface area contributed by atoms with E-state index in [1.54, 1.807) is 36.7 Å². The molecule has 0 unspecified atom stereocenters. The molecule has 0 spiro atoms. The fraction of sp³-hybridized carbons (Fsp3) is 0. The Balaban J connectivity index is 2.44. The fourth-order valence-electron chi connectivity index (χ4n) is 1.44. The van der Waals surface area contributed by atoms with Gasteiger partial charge in [0.05, 0.1) is 0 Å². The summed E-state index contributed by atoms with van der Waals surface area (Å²) in [5, 5.41) is 0.601. The van der Waals surface area contributed by atoms with Crippen LogP contribution in [0.4, 0.5) is 0 Å². The van der Waals surface area contributed by atoms with Gasteiger partial charge in [0.2, 0.25) is 6.29 Å². The predicted molar refractivity (Wildman–Crippen MR) is 69.3 cm³/mol. The summed E-state index contributed by atoms with van der Waals surface area (Å²) < 4.78 is 0. The summed E-state index contributed by atoms with van der Waals surface area (Å²) in [7, 11) is 0. The van der Waals surface area contributed by atoms with Crippen molar-refractivity contribution in [2.75, 3.05) is 0 Å². The Kier molecular flexibility index (Phi) is 3.68. The minimum absolute atomic E-state index is 0.436. The lowest BCUT2D eigenvalue weighted by atomic mass is 10.1. The van der Waals surface area contributed by atoms with Gasteiger partial charge in [0.25, 0.3) is 0 Å². The van der Waals surface area contributed by atoms with Crippen LogP contribution in [0.25, 0.3) is 11.6 Å². The molecule has 0 N–H and O–H groups in total. The van der Waals surface area contributed by atoms with Crippen molar-refractivity contribution in [3.8, 4) is 0 Å². The molecule has 1 aromatic carbocycles. The quantitative estimate of drug-likeness (QED) is 0.773. The molecule has 0 fully saturated rings. The van der Waals surface area contributed by atoms with Crippen LogP contribution in [0.1, 0.15) is 11.1 Å². The summed E-state index contributed by atoms with van der Waals surface area (Å²) in [5.41, 5.74) is 1.95. The van der Waals surface area contributed by atoms with E-state index in [0.717, 1.165) is 11.1 Å². The molecule has 1 aromatic heterocycles. The van der Waals surface area contributed by atoms with Gasteiger partial charge in [-0.3, -0.25) is 9.78 Å². The fourth-order valence-corrected chi connectivity index (χ4v) is 1.63. The molecular formula is C14H9ClNO. The average molecular weight is 243 g/mol. The molecule has 17 heavy (non-hydrogen) atoms. The van der Waals surface area contributed by atoms with Crippen LogP contribution in [0.5, 0.6) is 0 Å². The normalized spacial score (nSPS) is 11.2. The molecule has 0 aliphatic heterocycles. The largest absolute Gasteiger partial charge is 0.285 e. The zero-order chi connectivity index (χ0) is 12.1. The first-order chi connectivity index (χ1) is 8.31. The lowest BCUT2D eigenvalue weighted by molar-refractivity contribution is 0.565. The van der Waals surface area contributed by atoms with E-state index in [9.17, 15) is 4.79 Å². The number of hydrogen-bond donors (Lipinski definition) is 0. The van der Waals surface area contributed by atoms with Crippen LogP contribution >= 0.6 is 11.6 Å². The highest BCUT2D eigenvalue weighted by atomic mass is 35.5. The second-order valence-electron chi connectivity index (χ2n) is 3.42. The Labute approximate surface area is 105 Å². The minimum Gasteiger partial charge on any atom is -0.285 e. The van der Waals surface area contributed by atoms with Gasteiger partial charge in [-0.15, -0.1) is 0 Å². The van der Waals surface area contributed by atoms with Crippen molar-refractivity contribution in [1.82, 2.24) is 4.98 Å². The molecule has 2 nitrogen and oxygen atoms in total. The first kappa shape index (κ1) is 11.6. The van der Waals surface area contributed by atoms with Crippen molar-refractivity contribution in [2.45, 2.75) is 0 Å². The Morgan fingerprint density at radius 1 is 1.24 bits per heavy atom. The van der Waals surface area contributed by atoms with Crippen LogP contribution in [-0.2, 0) is 4.79 Å². The minimum atomic E-state index is 0.436. The van der Waals surface area contributed by atoms with Crippen molar-refractivity contribution in [2.24, 2.45) is 0 Å². The molecule has 1 heterocycles. The number of carbonyl (C=O) groups excluding carboxylic acids is 1. The molecule has 0 saturated carbocycles. The van der Waals surface area contributed by atoms with Crippen molar-refractivity contribution in [1.29, 1.82) is 0 Å². The van der Waals surface area contributed by atoms with E-state index in [4.69, 9.17) is 11.6 Å². The molecule has 2 rings (SSSR count). The van der Waals surface area contributed by atoms with Gasteiger partial charge in [-0.25, -0.2) is 0 Å². The SMILES string of the molecule is O=[C]C(=Cc1ccccc1Cl)c1cccnc1. The first-order valence-electron chi connectivity index (χ1n) is 5.06. The average Bonchev–Trinajstić information content (AvgIpc) is 2.39. The highest BCUT2D eigenvalue weighted by molar-refractivity contribution is 6.32. The molecule has 0 amide bonds. The van der Waals surface area contributed by atoms with Crippen LogP contribution in [-0.4, -0.2) is 11.3 Å². The third-order valence-corrected chi connectivity index (χ3v) is 2.63. The van der Waals surface area contributed by atoms with Gasteiger partial charge < -0.3 is 0 Å². The van der Waals surface area contributed by atoms with Gasteiger partial charge in [0, 0.05) is 28.6 Å². The highest BCUT2D eigenvalue weighted by Gasteiger charge is 2.03. The number of halogens is 1. The summed E-state index contributed by atoms with van der Waals surface area (Å²) in [6.45, 7) is 0. The molecule has 83 valence electrons. The maximum absolute atomic E-state index is 11.0. The molecular weight excluding hydrogens is 234 g/mol. The van der Waals surface area contributed by atoms with E-state index in [-0.39, 0.29) is 0 Å². The summed E-state index contributed by atoms with van der Waals surface area (Å²) in [6, 6.07) is 10.9. The lowest BCUT2D eigenvalue weighted by Gasteiger charge is -2.01. The van der Waals surface area contributed by atoms with Crippen LogP contribution < -0.4 is 0 Å². The summed E-state index contributed by atoms with van der Waals surface area (Å²) in [5.74, 6) is 0. The molecule has 2 aromatic rings. The third-order valence-electron chi connectivity index (χ3n) is 2.29. The number of nitrogens with zero attached hydrogens (tertiary/aromatic N) is 1. The number of rotatable bonds is 3. The van der Waals surface area contributed by atoms with Crippen LogP contribution in [0.2, 0.25) is 5.02 Å². The van der Waals surface area contributed by atoms with Crippen LogP contribution in [0.3, 0.4) is 0 Å². The number of pyridine rings is 1. The van der Waals surface area contributed by atoms with E-state index in [0.29, 0.717) is 10.6 Å². The van der Waals surface area contributed by atoms with E-state index in [1.165, 1.54) is 0 Å². The Bertz CT molecular complexity index is 549. The summed E-state index contributed by atoms with van der Waals surface area (Å²) in [6.07, 6.45) is 6.88. The maximum atomic E-state index is 11.0. The van der Waals surface area contributed by atoms with Gasteiger partial charge in [0.15, 0.2) is 0 Å². The molecule has 1 radical (unpaired) electrons. The van der Waals surface area contributed by atoms with E-state index >= 15 is 0 Å². The highest BCUT2D eigenvalue weighted by Crippen LogP contribution is 2.21. The second kappa shape index (κ2) is 5.41. The summed E-state index contributed by atoms with van der Waals surface area (Å²) in [4.78, 5) is 14.9. The van der Waals surface area contributed by atoms with Crippen molar-refractivity contribution < 1.29 is 4.79 Å². The molecule has 0 aliphatic rings. The zero-order valence-electron chi connectivity index (χ0n) is 8.93. The van der Waals surface area contributed by atoms with Gasteiger partial charge >= 0.3 is 0 Å². The van der Waals surface area contributed by atoms with Crippen molar-refractivity contribution >= 4 is 29.5 Å². The molecule has 0 aliphatic carbocycles. The number of hydrogen-bond acceptors (Lipinski definition) is 2. The second-order valence-corrected chi connectivity index (χ2v) is 3.83. The smallest absolute Gasteiger partial charge is 0.234 e. The molecule has 0 saturated heterocycles. The number of aromatic nitrogens is 1. The summed E-state index contributed by atoms with van der Waals surface area (Å²) >= 11 is 6.02. The topological polar surface area (TPSA) is 30.0 Å². The van der Waals surface area contributed by atoms with Gasteiger partial charge in [0.1, 0.15) is 0 Å². The van der Waals surface area contributed by atoms with Gasteiger partial charge in [-0.1, -0.05) is 35.9 Å². The number of allylic oxidation sites excluding steroid dienone is 1. The van der Waals surface area contributed by atoms with Gasteiger partial charge in [-0.2, -0.15) is 0 Å². The van der Waals surface area contributed by atoms with Crippen molar-refractivity contribution in [3.05, 3.63) is 64.9 Å². The molecule has 0 atom stereocenters. The first-order valence-corrected chi connectivity index (χ1v) is 5.44.